The number of anilines is 1. The number of ether oxygens (including phenoxy) is 1. The van der Waals surface area contributed by atoms with Gasteiger partial charge in [0.15, 0.2) is 6.10 Å². The van der Waals surface area contributed by atoms with Crippen molar-refractivity contribution < 1.29 is 13.9 Å². The number of nitrogens with zero attached hydrogens (tertiary/aromatic N) is 1. The molecule has 2 aromatic rings. The summed E-state index contributed by atoms with van der Waals surface area (Å²) in [6.07, 6.45) is 2.70. The van der Waals surface area contributed by atoms with Crippen molar-refractivity contribution in [3.63, 3.8) is 0 Å². The first-order valence-electron chi connectivity index (χ1n) is 8.86. The van der Waals surface area contributed by atoms with E-state index >= 15 is 0 Å². The summed E-state index contributed by atoms with van der Waals surface area (Å²) < 4.78 is 18.7. The van der Waals surface area contributed by atoms with Gasteiger partial charge in [0.2, 0.25) is 0 Å². The number of hydrogen-bond donors (Lipinski definition) is 1. The molecule has 0 spiro atoms. The lowest BCUT2D eigenvalue weighted by molar-refractivity contribution is -0.122. The van der Waals surface area contributed by atoms with Crippen LogP contribution < -0.4 is 10.1 Å². The molecule has 134 valence electrons. The van der Waals surface area contributed by atoms with E-state index in [4.69, 9.17) is 4.74 Å². The van der Waals surface area contributed by atoms with Crippen molar-refractivity contribution in [1.29, 1.82) is 0 Å². The van der Waals surface area contributed by atoms with Gasteiger partial charge in [-0.3, -0.25) is 9.69 Å². The Hall–Kier alpha value is -2.66. The minimum absolute atomic E-state index is 0.112. The van der Waals surface area contributed by atoms with Gasteiger partial charge < -0.3 is 10.1 Å². The van der Waals surface area contributed by atoms with Crippen molar-refractivity contribution in [3.8, 4) is 5.75 Å². The summed E-state index contributed by atoms with van der Waals surface area (Å²) in [7, 11) is 0. The largest absolute Gasteiger partial charge is 0.479 e. The molecule has 26 heavy (non-hydrogen) atoms. The van der Waals surface area contributed by atoms with Crippen LogP contribution in [-0.4, -0.2) is 30.0 Å². The molecule has 1 amide bonds. The Morgan fingerprint density at radius 3 is 2.77 bits per heavy atom. The Labute approximate surface area is 152 Å². The molecule has 4 rings (SSSR count). The highest BCUT2D eigenvalue weighted by atomic mass is 19.1. The van der Waals surface area contributed by atoms with Gasteiger partial charge in [-0.15, -0.1) is 0 Å². The fraction of sp³-hybridized carbons (Fsp3) is 0.286. The molecule has 2 heterocycles. The van der Waals surface area contributed by atoms with Crippen LogP contribution in [0, 0.1) is 5.82 Å². The van der Waals surface area contributed by atoms with Crippen LogP contribution in [0.5, 0.6) is 5.75 Å². The summed E-state index contributed by atoms with van der Waals surface area (Å²) in [6, 6.07) is 12.6. The number of halogens is 1. The second-order valence-electron chi connectivity index (χ2n) is 6.80. The van der Waals surface area contributed by atoms with E-state index in [1.807, 2.05) is 30.3 Å². The molecule has 2 aliphatic heterocycles. The number of carbonyl (C=O) groups is 1. The SMILES string of the molecule is CC1Oc2ccc(CN3CC=C(c4ccc(F)cc4)CC3)cc2NC1=O. The van der Waals surface area contributed by atoms with E-state index in [1.54, 1.807) is 6.92 Å². The quantitative estimate of drug-likeness (QED) is 0.913. The summed E-state index contributed by atoms with van der Waals surface area (Å²) in [4.78, 5) is 14.1. The van der Waals surface area contributed by atoms with E-state index in [9.17, 15) is 9.18 Å². The van der Waals surface area contributed by atoms with Crippen molar-refractivity contribution in [2.45, 2.75) is 26.0 Å². The monoisotopic (exact) mass is 352 g/mol. The average Bonchev–Trinajstić information content (AvgIpc) is 2.64. The predicted octanol–water partition coefficient (Wildman–Crippen LogP) is 3.83. The van der Waals surface area contributed by atoms with E-state index in [0.717, 1.165) is 48.6 Å². The molecule has 0 bridgehead atoms. The summed E-state index contributed by atoms with van der Waals surface area (Å²) in [5.74, 6) is 0.405. The first-order chi connectivity index (χ1) is 12.6. The van der Waals surface area contributed by atoms with Gasteiger partial charge in [-0.05, 0) is 54.3 Å². The second-order valence-corrected chi connectivity index (χ2v) is 6.80. The molecule has 1 unspecified atom stereocenters. The molecule has 1 N–H and O–H groups in total. The lowest BCUT2D eigenvalue weighted by Crippen LogP contribution is -2.34. The third-order valence-corrected chi connectivity index (χ3v) is 4.89. The number of rotatable bonds is 3. The van der Waals surface area contributed by atoms with Crippen molar-refractivity contribution in [2.75, 3.05) is 18.4 Å². The van der Waals surface area contributed by atoms with Crippen LogP contribution in [0.4, 0.5) is 10.1 Å². The van der Waals surface area contributed by atoms with Gasteiger partial charge in [0.25, 0.3) is 5.91 Å². The Morgan fingerprint density at radius 2 is 2.04 bits per heavy atom. The molecular formula is C21H21FN2O2. The zero-order valence-corrected chi connectivity index (χ0v) is 14.7. The van der Waals surface area contributed by atoms with Gasteiger partial charge in [0.05, 0.1) is 5.69 Å². The lowest BCUT2D eigenvalue weighted by Gasteiger charge is -2.28. The molecule has 0 radical (unpaired) electrons. The van der Waals surface area contributed by atoms with E-state index in [2.05, 4.69) is 16.3 Å². The van der Waals surface area contributed by atoms with Crippen LogP contribution in [0.2, 0.25) is 0 Å². The zero-order chi connectivity index (χ0) is 18.1. The van der Waals surface area contributed by atoms with Gasteiger partial charge >= 0.3 is 0 Å². The van der Waals surface area contributed by atoms with Crippen LogP contribution in [0.1, 0.15) is 24.5 Å². The molecule has 5 heteroatoms. The molecule has 4 nitrogen and oxygen atoms in total. The number of fused-ring (bicyclic) bond motifs is 1. The number of benzene rings is 2. The summed E-state index contributed by atoms with van der Waals surface area (Å²) >= 11 is 0. The van der Waals surface area contributed by atoms with E-state index in [1.165, 1.54) is 17.7 Å². The molecule has 0 aliphatic carbocycles. The Morgan fingerprint density at radius 1 is 1.23 bits per heavy atom. The molecule has 2 aromatic carbocycles. The zero-order valence-electron chi connectivity index (χ0n) is 14.7. The topological polar surface area (TPSA) is 41.6 Å². The van der Waals surface area contributed by atoms with Gasteiger partial charge in [-0.1, -0.05) is 24.3 Å². The summed E-state index contributed by atoms with van der Waals surface area (Å²) in [6.45, 7) is 4.35. The van der Waals surface area contributed by atoms with Gasteiger partial charge in [0.1, 0.15) is 11.6 Å². The van der Waals surface area contributed by atoms with Crippen molar-refractivity contribution >= 4 is 17.2 Å². The molecular weight excluding hydrogens is 331 g/mol. The van der Waals surface area contributed by atoms with Crippen molar-refractivity contribution in [3.05, 3.63) is 65.5 Å². The van der Waals surface area contributed by atoms with Crippen molar-refractivity contribution in [1.82, 2.24) is 4.90 Å². The molecule has 0 saturated heterocycles. The van der Waals surface area contributed by atoms with Crippen LogP contribution in [0.25, 0.3) is 5.57 Å². The summed E-state index contributed by atoms with van der Waals surface area (Å²) in [5.41, 5.74) is 4.24. The third kappa shape index (κ3) is 3.48. The van der Waals surface area contributed by atoms with Crippen LogP contribution in [0.3, 0.4) is 0 Å². The highest BCUT2D eigenvalue weighted by Crippen LogP contribution is 2.31. The molecule has 0 saturated carbocycles. The van der Waals surface area contributed by atoms with E-state index in [-0.39, 0.29) is 11.7 Å². The Kier molecular flexibility index (Phi) is 4.47. The lowest BCUT2D eigenvalue weighted by atomic mass is 9.99. The minimum atomic E-state index is -0.453. The fourth-order valence-corrected chi connectivity index (χ4v) is 3.39. The fourth-order valence-electron chi connectivity index (χ4n) is 3.39. The maximum absolute atomic E-state index is 13.1. The van der Waals surface area contributed by atoms with Crippen LogP contribution >= 0.6 is 0 Å². The second kappa shape index (κ2) is 6.92. The number of amides is 1. The number of nitrogens with one attached hydrogen (secondary N) is 1. The third-order valence-electron chi connectivity index (χ3n) is 4.89. The van der Waals surface area contributed by atoms with E-state index < -0.39 is 6.10 Å². The maximum Gasteiger partial charge on any atom is 0.265 e. The first kappa shape index (κ1) is 16.8. The molecule has 1 atom stereocenters. The Bertz CT molecular complexity index is 861. The Balaban J connectivity index is 1.42. The predicted molar refractivity (Wildman–Crippen MR) is 99.4 cm³/mol. The van der Waals surface area contributed by atoms with Crippen LogP contribution in [0.15, 0.2) is 48.5 Å². The minimum Gasteiger partial charge on any atom is -0.479 e. The number of carbonyl (C=O) groups excluding carboxylic acids is 1. The molecule has 0 aromatic heterocycles. The maximum atomic E-state index is 13.1. The smallest absolute Gasteiger partial charge is 0.265 e. The first-order valence-corrected chi connectivity index (χ1v) is 8.86. The molecule has 2 aliphatic rings. The summed E-state index contributed by atoms with van der Waals surface area (Å²) in [5, 5.41) is 2.90. The van der Waals surface area contributed by atoms with Crippen molar-refractivity contribution in [2.24, 2.45) is 0 Å². The normalized spacial score (nSPS) is 20.0. The highest BCUT2D eigenvalue weighted by molar-refractivity contribution is 5.97. The molecule has 0 fully saturated rings. The highest BCUT2D eigenvalue weighted by Gasteiger charge is 2.23. The average molecular weight is 352 g/mol. The standard InChI is InChI=1S/C21H21FN2O2/c1-14-21(25)23-19-12-15(2-7-20(19)26-14)13-24-10-8-17(9-11-24)16-3-5-18(22)6-4-16/h2-8,12,14H,9-11,13H2,1H3,(H,23,25). The van der Waals surface area contributed by atoms with Gasteiger partial charge in [-0.2, -0.15) is 0 Å². The van der Waals surface area contributed by atoms with Gasteiger partial charge in [0, 0.05) is 19.6 Å². The van der Waals surface area contributed by atoms with E-state index in [0.29, 0.717) is 0 Å². The number of hydrogen-bond acceptors (Lipinski definition) is 3. The van der Waals surface area contributed by atoms with Crippen LogP contribution in [-0.2, 0) is 11.3 Å². The van der Waals surface area contributed by atoms with Gasteiger partial charge in [-0.25, -0.2) is 4.39 Å².